The van der Waals surface area contributed by atoms with Crippen molar-refractivity contribution in [2.45, 2.75) is 215 Å². The number of phenolic OH excluding ortho intramolecular Hbond substituents is 1. The summed E-state index contributed by atoms with van der Waals surface area (Å²) in [5.41, 5.74) is -5.81. The Morgan fingerprint density at radius 3 is 1.99 bits per heavy atom. The van der Waals surface area contributed by atoms with Gasteiger partial charge < -0.3 is 93.6 Å². The molecule has 4 aliphatic heterocycles. The molecule has 0 unspecified atom stereocenters. The Balaban J connectivity index is 1.10. The topological polar surface area (TPSA) is 355 Å². The van der Waals surface area contributed by atoms with Crippen LogP contribution in [0.15, 0.2) is 34.9 Å². The zero-order valence-electron chi connectivity index (χ0n) is 42.4. The number of nitrogens with two attached hydrogens (primary N) is 1. The summed E-state index contributed by atoms with van der Waals surface area (Å²) in [5, 5.41) is 84.6. The highest BCUT2D eigenvalue weighted by molar-refractivity contribution is 6.29. The van der Waals surface area contributed by atoms with Gasteiger partial charge in [-0.2, -0.15) is 0 Å². The second-order valence-electron chi connectivity index (χ2n) is 20.6. The minimum Gasteiger partial charge on any atom is -0.507 e. The number of benzene rings is 1. The number of phenols is 1. The molecule has 410 valence electrons. The van der Waals surface area contributed by atoms with Crippen molar-refractivity contribution in [2.75, 3.05) is 7.11 Å². The van der Waals surface area contributed by atoms with Crippen LogP contribution in [0.25, 0.3) is 0 Å². The number of fused-ring (bicyclic) bond motifs is 3. The molecular weight excluding hydrogens is 983 g/mol. The van der Waals surface area contributed by atoms with Gasteiger partial charge in [0.25, 0.3) is 0 Å². The first kappa shape index (κ1) is 55.7. The number of rotatable bonds is 11. The van der Waals surface area contributed by atoms with Crippen LogP contribution in [0.3, 0.4) is 0 Å². The molecule has 1 aromatic carbocycles. The summed E-state index contributed by atoms with van der Waals surface area (Å²) in [6.07, 6.45) is -21.5. The predicted molar refractivity (Wildman–Crippen MR) is 246 cm³/mol. The summed E-state index contributed by atoms with van der Waals surface area (Å²) in [7, 11) is 1.34. The van der Waals surface area contributed by atoms with Crippen molar-refractivity contribution in [1.29, 1.82) is 0 Å². The summed E-state index contributed by atoms with van der Waals surface area (Å²) in [6, 6.07) is 2.45. The highest BCUT2D eigenvalue weighted by Gasteiger charge is 2.76. The Morgan fingerprint density at radius 2 is 1.36 bits per heavy atom. The fourth-order valence-electron chi connectivity index (χ4n) is 11.8. The van der Waals surface area contributed by atoms with Crippen LogP contribution in [0, 0.1) is 0 Å². The summed E-state index contributed by atoms with van der Waals surface area (Å²) in [5.74, 6) is -5.35. The summed E-state index contributed by atoms with van der Waals surface area (Å²) in [4.78, 5) is 67.1. The number of aliphatic hydroxyl groups excluding tert-OH is 3. The molecule has 0 radical (unpaired) electrons. The van der Waals surface area contributed by atoms with Crippen molar-refractivity contribution >= 4 is 29.6 Å². The van der Waals surface area contributed by atoms with Gasteiger partial charge in [0.05, 0.1) is 53.9 Å². The Kier molecular flexibility index (Phi) is 15.7. The number of esters is 2. The zero-order chi connectivity index (χ0) is 54.3. The number of primary amides is 1. The molecule has 74 heavy (non-hydrogen) atoms. The van der Waals surface area contributed by atoms with Crippen LogP contribution < -0.4 is 5.73 Å². The number of hydrogen-bond acceptors (Lipinski definition) is 23. The van der Waals surface area contributed by atoms with Crippen LogP contribution in [-0.4, -0.2) is 194 Å². The fraction of sp³-hybridized carbons (Fsp3) is 0.700. The first-order chi connectivity index (χ1) is 34.6. The summed E-state index contributed by atoms with van der Waals surface area (Å²) >= 11 is 0. The lowest BCUT2D eigenvalue weighted by Crippen LogP contribution is -2.80. The first-order valence-electron chi connectivity index (χ1n) is 24.6. The van der Waals surface area contributed by atoms with E-state index in [0.717, 1.165) is 13.8 Å². The number of ketones is 2. The number of hydrogen-bond donors (Lipinski definition) is 8. The standard InChI is InChI=1S/C50H67NO23/c1-18-14-31(73-33-16-29(64-9)38(54)21(4)67-33)49(62)37-36(43(59)46(70-24(7)53)50(49,63)44(18)69-23(6)52)42(58)35-26(41(37)57)11-10-25(40(35)56)28-15-30(39(55)20(3)65-28)71-34-17-48(8,61)45(22(5)68-34)74-32-13-12-27(19(2)66-32)72-47(51)60/h10-11,14,19-22,27-34,38-39,43-46,54-56,59,61-63H,12-13,15-17H2,1-9H3,(H2,51,60)/t19-,20-,21+,22-,27+,28-,29-,30-,31+,32+,33-,34+,38-,39-,43+,44-,45-,46+,48+,49-,50+/m1/s1. The van der Waals surface area contributed by atoms with E-state index in [4.69, 9.17) is 57.8 Å². The first-order valence-corrected chi connectivity index (χ1v) is 24.6. The van der Waals surface area contributed by atoms with E-state index >= 15 is 9.59 Å². The van der Waals surface area contributed by atoms with Gasteiger partial charge in [0.2, 0.25) is 0 Å². The molecule has 0 saturated carbocycles. The third-order valence-electron chi connectivity index (χ3n) is 15.4. The van der Waals surface area contributed by atoms with E-state index in [1.165, 1.54) is 53.0 Å². The van der Waals surface area contributed by atoms with Crippen molar-refractivity contribution in [3.8, 4) is 5.75 Å². The van der Waals surface area contributed by atoms with Gasteiger partial charge in [-0.15, -0.1) is 0 Å². The van der Waals surface area contributed by atoms with Gasteiger partial charge in [0.1, 0.15) is 42.4 Å². The lowest BCUT2D eigenvalue weighted by atomic mass is 9.54. The summed E-state index contributed by atoms with van der Waals surface area (Å²) in [6.45, 7) is 11.3. The Labute approximate surface area is 425 Å². The Morgan fingerprint density at radius 1 is 0.730 bits per heavy atom. The van der Waals surface area contributed by atoms with Crippen molar-refractivity contribution in [2.24, 2.45) is 5.73 Å². The molecule has 7 aliphatic rings. The molecule has 1 amide bonds. The molecule has 0 aromatic heterocycles. The van der Waals surface area contributed by atoms with E-state index in [0.29, 0.717) is 12.8 Å². The molecule has 24 heteroatoms. The van der Waals surface area contributed by atoms with E-state index in [1.54, 1.807) is 13.8 Å². The van der Waals surface area contributed by atoms with E-state index in [-0.39, 0.29) is 30.4 Å². The van der Waals surface area contributed by atoms with Crippen LogP contribution in [-0.2, 0) is 61.7 Å². The molecule has 9 N–H and O–H groups in total. The normalized spacial score (nSPS) is 43.3. The largest absolute Gasteiger partial charge is 0.507 e. The molecule has 3 aliphatic carbocycles. The van der Waals surface area contributed by atoms with Crippen LogP contribution in [0.2, 0.25) is 0 Å². The van der Waals surface area contributed by atoms with Gasteiger partial charge in [0.15, 0.2) is 53.8 Å². The number of amides is 1. The smallest absolute Gasteiger partial charge is 0.404 e. The third-order valence-corrected chi connectivity index (χ3v) is 15.4. The number of ether oxygens (including phenoxy) is 11. The highest BCUT2D eigenvalue weighted by Crippen LogP contribution is 2.56. The SMILES string of the molecule is CO[C@@H]1C[C@@H](O[C@H]2C=C(C)[C@@H](OC(C)=O)[C@]3(O)[C@@H](OC(C)=O)[C@@H](O)C4=C(C(=O)c5ccc([C@H]6C[C@@H](O[C@H]7C[C@](C)(O)[C@H](O[C@H]8CC[C@H](OC(N)=O)[C@@H](C)O8)[C@@H](C)O7)[C@H](O)[C@@H](C)O6)c(O)c5C4=O)[C@]23O)O[C@@H](C)[C@H]1O. The van der Waals surface area contributed by atoms with Crippen LogP contribution in [0.4, 0.5) is 4.79 Å². The highest BCUT2D eigenvalue weighted by atomic mass is 16.7. The molecule has 24 nitrogen and oxygen atoms in total. The monoisotopic (exact) mass is 1050 g/mol. The second-order valence-corrected chi connectivity index (χ2v) is 20.6. The molecule has 1 aromatic rings. The minimum absolute atomic E-state index is 0.00611. The van der Waals surface area contributed by atoms with E-state index in [1.807, 2.05) is 0 Å². The molecule has 4 fully saturated rings. The number of carbonyl (C=O) groups excluding carboxylic acids is 5. The molecule has 4 heterocycles. The van der Waals surface area contributed by atoms with Crippen molar-refractivity contribution in [3.63, 3.8) is 0 Å². The minimum atomic E-state index is -3.22. The molecule has 4 saturated heterocycles. The second kappa shape index (κ2) is 20.8. The van der Waals surface area contributed by atoms with Gasteiger partial charge in [-0.05, 0) is 65.7 Å². The maximum Gasteiger partial charge on any atom is 0.404 e. The quantitative estimate of drug-likeness (QED) is 0.0849. The molecule has 0 spiro atoms. The van der Waals surface area contributed by atoms with E-state index in [2.05, 4.69) is 0 Å². The molecule has 0 bridgehead atoms. The van der Waals surface area contributed by atoms with Crippen molar-refractivity contribution < 1.29 is 112 Å². The third kappa shape index (κ3) is 9.69. The van der Waals surface area contributed by atoms with Crippen LogP contribution >= 0.6 is 0 Å². The lowest BCUT2D eigenvalue weighted by Gasteiger charge is -2.59. The number of carbonyl (C=O) groups is 5. The average molecular weight is 1050 g/mol. The summed E-state index contributed by atoms with van der Waals surface area (Å²) < 4.78 is 64.6. The predicted octanol–water partition coefficient (Wildman–Crippen LogP) is 0.480. The lowest BCUT2D eigenvalue weighted by molar-refractivity contribution is -0.336. The Hall–Kier alpha value is -4.51. The van der Waals surface area contributed by atoms with Crippen LogP contribution in [0.1, 0.15) is 120 Å². The van der Waals surface area contributed by atoms with E-state index in [9.17, 15) is 50.1 Å². The number of aliphatic hydroxyl groups is 6. The maximum atomic E-state index is 15.2. The van der Waals surface area contributed by atoms with Crippen molar-refractivity contribution in [1.82, 2.24) is 0 Å². The van der Waals surface area contributed by atoms with Gasteiger partial charge in [0, 0.05) is 68.9 Å². The van der Waals surface area contributed by atoms with Gasteiger partial charge >= 0.3 is 18.0 Å². The number of aromatic hydroxyl groups is 1. The fourth-order valence-corrected chi connectivity index (χ4v) is 11.8. The van der Waals surface area contributed by atoms with Gasteiger partial charge in [-0.1, -0.05) is 6.07 Å². The molecular formula is C50H67NO23. The van der Waals surface area contributed by atoms with E-state index < -0.39 is 185 Å². The average Bonchev–Trinajstić information content (AvgIpc) is 3.30. The molecule has 21 atom stereocenters. The Bertz CT molecular complexity index is 2440. The van der Waals surface area contributed by atoms with Gasteiger partial charge in [-0.3, -0.25) is 19.2 Å². The number of methoxy groups -OCH3 is 1. The maximum absolute atomic E-state index is 15.2. The zero-order valence-corrected chi connectivity index (χ0v) is 42.4. The molecule has 8 rings (SSSR count). The number of Topliss-reactive ketones (excluding diaryl/α,β-unsaturated/α-hetero) is 2. The van der Waals surface area contributed by atoms with Crippen LogP contribution in [0.5, 0.6) is 5.75 Å². The van der Waals surface area contributed by atoms with Crippen molar-refractivity contribution in [3.05, 3.63) is 51.6 Å². The van der Waals surface area contributed by atoms with Gasteiger partial charge in [-0.25, -0.2) is 4.79 Å².